The maximum absolute atomic E-state index is 12.5. The van der Waals surface area contributed by atoms with Crippen LogP contribution in [0.5, 0.6) is 0 Å². The van der Waals surface area contributed by atoms with Crippen LogP contribution in [0.3, 0.4) is 0 Å². The van der Waals surface area contributed by atoms with Gasteiger partial charge in [-0.1, -0.05) is 43.7 Å². The van der Waals surface area contributed by atoms with Crippen molar-refractivity contribution in [2.24, 2.45) is 0 Å². The van der Waals surface area contributed by atoms with Gasteiger partial charge in [0.1, 0.15) is 6.04 Å². The average molecular weight is 274 g/mol. The number of benzene rings is 1. The minimum Gasteiger partial charge on any atom is -0.342 e. The number of hydrogen-bond acceptors (Lipinski definition) is 2. The Kier molecular flexibility index (Phi) is 4.77. The van der Waals surface area contributed by atoms with Gasteiger partial charge >= 0.3 is 0 Å². The Bertz CT molecular complexity index is 473. The van der Waals surface area contributed by atoms with Crippen molar-refractivity contribution in [2.75, 3.05) is 6.54 Å². The van der Waals surface area contributed by atoms with Gasteiger partial charge in [0.2, 0.25) is 11.8 Å². The third-order valence-electron chi connectivity index (χ3n) is 3.75. The highest BCUT2D eigenvalue weighted by molar-refractivity contribution is 5.95. The fourth-order valence-corrected chi connectivity index (χ4v) is 2.67. The molecular weight excluding hydrogens is 252 g/mol. The molecule has 0 aromatic heterocycles. The number of hydrogen-bond donors (Lipinski definition) is 1. The van der Waals surface area contributed by atoms with E-state index in [9.17, 15) is 9.59 Å². The van der Waals surface area contributed by atoms with Crippen molar-refractivity contribution in [3.63, 3.8) is 0 Å². The lowest BCUT2D eigenvalue weighted by Crippen LogP contribution is -2.60. The van der Waals surface area contributed by atoms with Crippen molar-refractivity contribution in [1.29, 1.82) is 0 Å². The van der Waals surface area contributed by atoms with Gasteiger partial charge in [-0.25, -0.2) is 0 Å². The summed E-state index contributed by atoms with van der Waals surface area (Å²) >= 11 is 0. The van der Waals surface area contributed by atoms with Crippen molar-refractivity contribution in [3.8, 4) is 0 Å². The first-order valence-electron chi connectivity index (χ1n) is 7.25. The van der Waals surface area contributed by atoms with Crippen molar-refractivity contribution in [2.45, 2.75) is 45.2 Å². The number of piperazine rings is 1. The maximum Gasteiger partial charge on any atom is 0.246 e. The molecule has 108 valence electrons. The molecule has 0 radical (unpaired) electrons. The second-order valence-corrected chi connectivity index (χ2v) is 5.41. The number of nitrogens with one attached hydrogen (secondary N) is 1. The summed E-state index contributed by atoms with van der Waals surface area (Å²) in [5.74, 6) is -0.0251. The Balaban J connectivity index is 2.09. The van der Waals surface area contributed by atoms with E-state index in [4.69, 9.17) is 0 Å². The summed E-state index contributed by atoms with van der Waals surface area (Å²) in [5, 5.41) is 2.81. The second kappa shape index (κ2) is 6.55. The van der Waals surface area contributed by atoms with Crippen molar-refractivity contribution in [1.82, 2.24) is 10.2 Å². The summed E-state index contributed by atoms with van der Waals surface area (Å²) in [7, 11) is 0. The summed E-state index contributed by atoms with van der Waals surface area (Å²) in [5.41, 5.74) is 1.07. The van der Waals surface area contributed by atoms with Crippen molar-refractivity contribution in [3.05, 3.63) is 35.9 Å². The molecule has 20 heavy (non-hydrogen) atoms. The molecule has 1 saturated heterocycles. The second-order valence-electron chi connectivity index (χ2n) is 5.41. The Morgan fingerprint density at radius 3 is 2.65 bits per heavy atom. The van der Waals surface area contributed by atoms with Crippen LogP contribution in [0.25, 0.3) is 0 Å². The number of carbonyl (C=O) groups is 2. The molecule has 1 aromatic rings. The SMILES string of the molecule is CCCC(C)N1CC(=O)NC(Cc2ccccc2)C1=O. The van der Waals surface area contributed by atoms with Gasteiger partial charge < -0.3 is 10.2 Å². The molecule has 1 aromatic carbocycles. The third-order valence-corrected chi connectivity index (χ3v) is 3.75. The highest BCUT2D eigenvalue weighted by Gasteiger charge is 2.34. The zero-order chi connectivity index (χ0) is 14.5. The summed E-state index contributed by atoms with van der Waals surface area (Å²) in [6, 6.07) is 9.49. The summed E-state index contributed by atoms with van der Waals surface area (Å²) in [6.07, 6.45) is 2.49. The molecule has 2 unspecified atom stereocenters. The Morgan fingerprint density at radius 1 is 1.30 bits per heavy atom. The minimum absolute atomic E-state index is 0.0365. The molecule has 0 aliphatic carbocycles. The van der Waals surface area contributed by atoms with Gasteiger partial charge in [0.15, 0.2) is 0 Å². The molecule has 0 spiro atoms. The van der Waals surface area contributed by atoms with E-state index in [0.717, 1.165) is 18.4 Å². The fourth-order valence-electron chi connectivity index (χ4n) is 2.67. The zero-order valence-corrected chi connectivity index (χ0v) is 12.1. The molecule has 1 heterocycles. The Morgan fingerprint density at radius 2 is 2.00 bits per heavy atom. The first-order valence-corrected chi connectivity index (χ1v) is 7.25. The van der Waals surface area contributed by atoms with Crippen molar-refractivity contribution >= 4 is 11.8 Å². The van der Waals surface area contributed by atoms with Crippen LogP contribution < -0.4 is 5.32 Å². The van der Waals surface area contributed by atoms with Gasteiger partial charge in [0, 0.05) is 12.5 Å². The van der Waals surface area contributed by atoms with E-state index in [2.05, 4.69) is 12.2 Å². The Labute approximate surface area is 120 Å². The largest absolute Gasteiger partial charge is 0.342 e. The van der Waals surface area contributed by atoms with Gasteiger partial charge in [-0.15, -0.1) is 0 Å². The summed E-state index contributed by atoms with van der Waals surface area (Å²) in [6.45, 7) is 4.29. The minimum atomic E-state index is -0.432. The van der Waals surface area contributed by atoms with Crippen LogP contribution in [0.4, 0.5) is 0 Å². The van der Waals surface area contributed by atoms with E-state index in [1.807, 2.05) is 37.3 Å². The first-order chi connectivity index (χ1) is 9.61. The smallest absolute Gasteiger partial charge is 0.246 e. The Hall–Kier alpha value is -1.84. The highest BCUT2D eigenvalue weighted by atomic mass is 16.2. The number of rotatable bonds is 5. The molecule has 1 fully saturated rings. The lowest BCUT2D eigenvalue weighted by molar-refractivity contribution is -0.146. The van der Waals surface area contributed by atoms with Gasteiger partial charge in [0.05, 0.1) is 6.54 Å². The molecule has 0 saturated carbocycles. The molecule has 1 N–H and O–H groups in total. The van der Waals surface area contributed by atoms with Gasteiger partial charge in [-0.05, 0) is 18.9 Å². The molecular formula is C16H22N2O2. The number of amides is 2. The number of nitrogens with zero attached hydrogens (tertiary/aromatic N) is 1. The summed E-state index contributed by atoms with van der Waals surface area (Å²) < 4.78 is 0. The first kappa shape index (κ1) is 14.6. The van der Waals surface area contributed by atoms with Crippen LogP contribution in [-0.2, 0) is 16.0 Å². The molecule has 4 nitrogen and oxygen atoms in total. The molecule has 2 atom stereocenters. The predicted molar refractivity (Wildman–Crippen MR) is 78.2 cm³/mol. The van der Waals surface area contributed by atoms with Gasteiger partial charge in [0.25, 0.3) is 0 Å². The predicted octanol–water partition coefficient (Wildman–Crippen LogP) is 1.74. The molecule has 2 amide bonds. The van der Waals surface area contributed by atoms with Crippen LogP contribution in [0.15, 0.2) is 30.3 Å². The molecule has 1 aliphatic heterocycles. The fraction of sp³-hybridized carbons (Fsp3) is 0.500. The van der Waals surface area contributed by atoms with Crippen LogP contribution >= 0.6 is 0 Å². The molecule has 1 aliphatic rings. The van der Waals surface area contributed by atoms with E-state index in [0.29, 0.717) is 6.42 Å². The van der Waals surface area contributed by atoms with Crippen molar-refractivity contribution < 1.29 is 9.59 Å². The zero-order valence-electron chi connectivity index (χ0n) is 12.1. The number of carbonyl (C=O) groups excluding carboxylic acids is 2. The molecule has 2 rings (SSSR count). The third kappa shape index (κ3) is 3.38. The summed E-state index contributed by atoms with van der Waals surface area (Å²) in [4.78, 5) is 26.0. The normalized spacial score (nSPS) is 20.7. The standard InChI is InChI=1S/C16H22N2O2/c1-3-7-12(2)18-11-15(19)17-14(16(18)20)10-13-8-5-4-6-9-13/h4-6,8-9,12,14H,3,7,10-11H2,1-2H3,(H,17,19). The average Bonchev–Trinajstić information content (AvgIpc) is 2.44. The highest BCUT2D eigenvalue weighted by Crippen LogP contribution is 2.14. The van der Waals surface area contributed by atoms with Crippen LogP contribution in [0.2, 0.25) is 0 Å². The quantitative estimate of drug-likeness (QED) is 0.889. The van der Waals surface area contributed by atoms with E-state index in [1.165, 1.54) is 0 Å². The van der Waals surface area contributed by atoms with E-state index in [1.54, 1.807) is 4.90 Å². The molecule has 4 heteroatoms. The lowest BCUT2D eigenvalue weighted by Gasteiger charge is -2.36. The lowest BCUT2D eigenvalue weighted by atomic mass is 10.0. The maximum atomic E-state index is 12.5. The van der Waals surface area contributed by atoms with E-state index in [-0.39, 0.29) is 24.4 Å². The molecule has 0 bridgehead atoms. The van der Waals surface area contributed by atoms with Gasteiger partial charge in [-0.2, -0.15) is 0 Å². The monoisotopic (exact) mass is 274 g/mol. The topological polar surface area (TPSA) is 49.4 Å². The van der Waals surface area contributed by atoms with E-state index < -0.39 is 6.04 Å². The van der Waals surface area contributed by atoms with Crippen LogP contribution in [0.1, 0.15) is 32.3 Å². The van der Waals surface area contributed by atoms with Crippen LogP contribution in [-0.4, -0.2) is 35.3 Å². The van der Waals surface area contributed by atoms with E-state index >= 15 is 0 Å². The van der Waals surface area contributed by atoms with Crippen LogP contribution in [0, 0.1) is 0 Å². The van der Waals surface area contributed by atoms with Gasteiger partial charge in [-0.3, -0.25) is 9.59 Å².